The van der Waals surface area contributed by atoms with E-state index in [1.54, 1.807) is 0 Å². The lowest BCUT2D eigenvalue weighted by atomic mass is 9.91. The lowest BCUT2D eigenvalue weighted by molar-refractivity contribution is -0.122. The summed E-state index contributed by atoms with van der Waals surface area (Å²) in [5.74, 6) is 0.122. The minimum Gasteiger partial charge on any atom is -0.297 e. The zero-order valence-electron chi connectivity index (χ0n) is 13.9. The minimum atomic E-state index is -3.39. The first kappa shape index (κ1) is 16.8. The molecule has 0 saturated heterocycles. The molecule has 3 rings (SSSR count). The van der Waals surface area contributed by atoms with Gasteiger partial charge >= 0.3 is 0 Å². The van der Waals surface area contributed by atoms with E-state index >= 15 is 0 Å². The van der Waals surface area contributed by atoms with Gasteiger partial charge in [0.1, 0.15) is 11.3 Å². The molecule has 1 aliphatic carbocycles. The Labute approximate surface area is 141 Å². The van der Waals surface area contributed by atoms with Crippen LogP contribution in [0.4, 0.5) is 0 Å². The quantitative estimate of drug-likeness (QED) is 0.780. The van der Waals surface area contributed by atoms with Crippen molar-refractivity contribution in [3.05, 3.63) is 41.7 Å². The molecule has 24 heavy (non-hydrogen) atoms. The molecule has 2 aromatic rings. The molecular weight excluding hydrogens is 328 g/mol. The molecule has 1 saturated carbocycles. The predicted molar refractivity (Wildman–Crippen MR) is 88.0 cm³/mol. The second kappa shape index (κ2) is 5.47. The van der Waals surface area contributed by atoms with Crippen LogP contribution in [0.1, 0.15) is 38.1 Å². The summed E-state index contributed by atoms with van der Waals surface area (Å²) in [5.41, 5.74) is 0.549. The number of ketones is 1. The number of tetrazole rings is 1. The summed E-state index contributed by atoms with van der Waals surface area (Å²) >= 11 is 0. The fourth-order valence-electron chi connectivity index (χ4n) is 2.61. The molecule has 0 atom stereocenters. The molecule has 0 N–H and O–H groups in total. The van der Waals surface area contributed by atoms with Crippen LogP contribution in [0.25, 0.3) is 0 Å². The zero-order valence-corrected chi connectivity index (χ0v) is 14.7. The summed E-state index contributed by atoms with van der Waals surface area (Å²) in [6, 6.07) is 9.67. The van der Waals surface area contributed by atoms with Gasteiger partial charge in [-0.15, -0.1) is 10.2 Å². The van der Waals surface area contributed by atoms with Crippen LogP contribution in [-0.2, 0) is 31.3 Å². The zero-order chi connectivity index (χ0) is 17.6. The van der Waals surface area contributed by atoms with Crippen LogP contribution in [0.15, 0.2) is 30.3 Å². The van der Waals surface area contributed by atoms with E-state index in [0.717, 1.165) is 24.7 Å². The first-order valence-electron chi connectivity index (χ1n) is 7.73. The topological polar surface area (TPSA) is 94.8 Å². The average molecular weight is 348 g/mol. The van der Waals surface area contributed by atoms with Crippen LogP contribution in [0.5, 0.6) is 0 Å². The SMILES string of the molecule is CC(C)(c1nnn(CC(=O)C2(c3ccccc3)CC2)n1)S(C)(=O)=O. The van der Waals surface area contributed by atoms with Crippen LogP contribution >= 0.6 is 0 Å². The number of rotatable bonds is 6. The van der Waals surface area contributed by atoms with Crippen LogP contribution in [0.2, 0.25) is 0 Å². The number of hydrogen-bond acceptors (Lipinski definition) is 6. The Hall–Kier alpha value is -2.09. The fraction of sp³-hybridized carbons (Fsp3) is 0.500. The Morgan fingerprint density at radius 3 is 2.42 bits per heavy atom. The van der Waals surface area contributed by atoms with Gasteiger partial charge in [0, 0.05) is 6.26 Å². The third kappa shape index (κ3) is 2.75. The number of carbonyl (C=O) groups is 1. The van der Waals surface area contributed by atoms with Gasteiger partial charge < -0.3 is 0 Å². The van der Waals surface area contributed by atoms with Crippen molar-refractivity contribution in [2.45, 2.75) is 43.4 Å². The molecule has 8 heteroatoms. The van der Waals surface area contributed by atoms with Crippen molar-refractivity contribution in [1.82, 2.24) is 20.2 Å². The van der Waals surface area contributed by atoms with E-state index in [9.17, 15) is 13.2 Å². The van der Waals surface area contributed by atoms with E-state index in [4.69, 9.17) is 0 Å². The van der Waals surface area contributed by atoms with Gasteiger partial charge in [0.25, 0.3) is 0 Å². The fourth-order valence-corrected chi connectivity index (χ4v) is 3.02. The first-order chi connectivity index (χ1) is 11.2. The molecule has 1 aromatic heterocycles. The molecule has 1 fully saturated rings. The maximum absolute atomic E-state index is 12.7. The van der Waals surface area contributed by atoms with Gasteiger partial charge in [0.2, 0.25) is 0 Å². The summed E-state index contributed by atoms with van der Waals surface area (Å²) in [4.78, 5) is 13.9. The second-order valence-electron chi connectivity index (χ2n) is 6.80. The average Bonchev–Trinajstić information content (AvgIpc) is 3.21. The highest BCUT2D eigenvalue weighted by molar-refractivity contribution is 7.91. The molecule has 0 aliphatic heterocycles. The Morgan fingerprint density at radius 1 is 1.25 bits per heavy atom. The molecule has 1 heterocycles. The molecule has 128 valence electrons. The van der Waals surface area contributed by atoms with E-state index < -0.39 is 20.0 Å². The molecule has 0 bridgehead atoms. The van der Waals surface area contributed by atoms with Gasteiger partial charge in [-0.2, -0.15) is 4.80 Å². The van der Waals surface area contributed by atoms with E-state index in [2.05, 4.69) is 15.4 Å². The summed E-state index contributed by atoms with van der Waals surface area (Å²) in [5, 5.41) is 11.8. The lowest BCUT2D eigenvalue weighted by Crippen LogP contribution is -2.30. The number of aromatic nitrogens is 4. The highest BCUT2D eigenvalue weighted by Crippen LogP contribution is 2.49. The van der Waals surface area contributed by atoms with Crippen LogP contribution in [-0.4, -0.2) is 40.7 Å². The first-order valence-corrected chi connectivity index (χ1v) is 9.63. The van der Waals surface area contributed by atoms with Crippen LogP contribution < -0.4 is 0 Å². The van der Waals surface area contributed by atoms with Gasteiger partial charge in [0.15, 0.2) is 21.4 Å². The Balaban J connectivity index is 1.80. The normalized spacial score (nSPS) is 16.8. The minimum absolute atomic E-state index is 0.0122. The number of benzene rings is 1. The van der Waals surface area contributed by atoms with Gasteiger partial charge in [-0.25, -0.2) is 8.42 Å². The number of nitrogens with zero attached hydrogens (tertiary/aromatic N) is 4. The van der Waals surface area contributed by atoms with Crippen molar-refractivity contribution in [1.29, 1.82) is 0 Å². The molecule has 0 unspecified atom stereocenters. The van der Waals surface area contributed by atoms with Crippen molar-refractivity contribution in [2.24, 2.45) is 0 Å². The summed E-state index contributed by atoms with van der Waals surface area (Å²) < 4.78 is 22.5. The summed E-state index contributed by atoms with van der Waals surface area (Å²) in [7, 11) is -3.39. The number of carbonyl (C=O) groups excluding carboxylic acids is 1. The number of hydrogen-bond donors (Lipinski definition) is 0. The highest BCUT2D eigenvalue weighted by Gasteiger charge is 2.50. The Bertz CT molecular complexity index is 868. The second-order valence-corrected chi connectivity index (χ2v) is 9.36. The summed E-state index contributed by atoms with van der Waals surface area (Å²) in [6.07, 6.45) is 2.76. The van der Waals surface area contributed by atoms with Crippen molar-refractivity contribution in [3.8, 4) is 0 Å². The number of sulfone groups is 1. The van der Waals surface area contributed by atoms with Gasteiger partial charge in [-0.3, -0.25) is 4.79 Å². The standard InChI is InChI=1S/C16H20N4O3S/c1-15(2,24(3,22)23)14-17-19-20(18-14)11-13(21)16(9-10-16)12-7-5-4-6-8-12/h4-8H,9-11H2,1-3H3. The highest BCUT2D eigenvalue weighted by atomic mass is 32.2. The van der Waals surface area contributed by atoms with Crippen molar-refractivity contribution in [2.75, 3.05) is 6.26 Å². The van der Waals surface area contributed by atoms with E-state index in [0.29, 0.717) is 0 Å². The molecule has 7 nitrogen and oxygen atoms in total. The van der Waals surface area contributed by atoms with Crippen molar-refractivity contribution >= 4 is 15.6 Å². The molecule has 0 amide bonds. The maximum atomic E-state index is 12.7. The molecule has 0 spiro atoms. The molecule has 1 aliphatic rings. The van der Waals surface area contributed by atoms with Crippen molar-refractivity contribution in [3.63, 3.8) is 0 Å². The number of Topliss-reactive ketones (excluding diaryl/α,β-unsaturated/α-hetero) is 1. The largest absolute Gasteiger partial charge is 0.297 e. The Kier molecular flexibility index (Phi) is 3.82. The maximum Gasteiger partial charge on any atom is 0.195 e. The van der Waals surface area contributed by atoms with Gasteiger partial charge in [-0.05, 0) is 37.5 Å². The van der Waals surface area contributed by atoms with Gasteiger partial charge in [0.05, 0.1) is 5.41 Å². The summed E-state index contributed by atoms with van der Waals surface area (Å²) in [6.45, 7) is 3.04. The van der Waals surface area contributed by atoms with E-state index in [1.807, 2.05) is 30.3 Å². The molecule has 0 radical (unpaired) electrons. The molecular formula is C16H20N4O3S. The van der Waals surface area contributed by atoms with Gasteiger partial charge in [-0.1, -0.05) is 30.3 Å². The van der Waals surface area contributed by atoms with Crippen LogP contribution in [0, 0.1) is 0 Å². The lowest BCUT2D eigenvalue weighted by Gasteiger charge is -2.17. The van der Waals surface area contributed by atoms with Crippen molar-refractivity contribution < 1.29 is 13.2 Å². The third-order valence-electron chi connectivity index (χ3n) is 4.81. The monoisotopic (exact) mass is 348 g/mol. The smallest absolute Gasteiger partial charge is 0.195 e. The third-order valence-corrected chi connectivity index (χ3v) is 6.85. The predicted octanol–water partition coefficient (Wildman–Crippen LogP) is 1.25. The van der Waals surface area contributed by atoms with E-state index in [1.165, 1.54) is 18.6 Å². The van der Waals surface area contributed by atoms with Crippen LogP contribution in [0.3, 0.4) is 0 Å². The molecule has 1 aromatic carbocycles. The Morgan fingerprint density at radius 2 is 1.88 bits per heavy atom. The van der Waals surface area contributed by atoms with E-state index in [-0.39, 0.29) is 18.2 Å².